The first-order chi connectivity index (χ1) is 23.1. The molecule has 0 N–H and O–H groups in total. The van der Waals surface area contributed by atoms with Gasteiger partial charge in [0.15, 0.2) is 0 Å². The summed E-state index contributed by atoms with van der Waals surface area (Å²) < 4.78 is 0. The molecule has 7 rings (SSSR count). The standard InChI is InChI=1S/C45H38N2/c1-31-29-39(42(34-18-8-4-9-19-34)35-20-10-5-11-21-35)45(46-33(3)41-28-27-38-26-16-17-32(2)44(38)47-41)40(30-31)43(36-22-12-6-13-23-36)37-24-14-7-15-25-37/h4-30,42-43H,1-3H3. The van der Waals surface area contributed by atoms with Crippen molar-refractivity contribution in [1.82, 2.24) is 4.98 Å². The number of aromatic nitrogens is 1. The Labute approximate surface area is 278 Å². The van der Waals surface area contributed by atoms with Gasteiger partial charge in [-0.15, -0.1) is 0 Å². The number of hydrogen-bond donors (Lipinski definition) is 0. The first-order valence-corrected chi connectivity index (χ1v) is 16.3. The van der Waals surface area contributed by atoms with E-state index >= 15 is 0 Å². The third-order valence-corrected chi connectivity index (χ3v) is 9.04. The minimum atomic E-state index is -0.0124. The Morgan fingerprint density at radius 2 is 0.957 bits per heavy atom. The summed E-state index contributed by atoms with van der Waals surface area (Å²) in [7, 11) is 0. The molecule has 0 radical (unpaired) electrons. The zero-order valence-electron chi connectivity index (χ0n) is 27.1. The maximum absolute atomic E-state index is 5.60. The molecule has 0 saturated carbocycles. The van der Waals surface area contributed by atoms with Gasteiger partial charge in [-0.2, -0.15) is 0 Å². The van der Waals surface area contributed by atoms with Crippen molar-refractivity contribution in [2.75, 3.05) is 0 Å². The number of rotatable bonds is 8. The summed E-state index contributed by atoms with van der Waals surface area (Å²) in [5.41, 5.74) is 13.5. The smallest absolute Gasteiger partial charge is 0.0849 e. The van der Waals surface area contributed by atoms with Gasteiger partial charge in [0.05, 0.1) is 22.6 Å². The summed E-state index contributed by atoms with van der Waals surface area (Å²) in [6, 6.07) is 58.6. The summed E-state index contributed by atoms with van der Waals surface area (Å²) in [5, 5.41) is 1.14. The molecule has 47 heavy (non-hydrogen) atoms. The molecule has 7 aromatic rings. The van der Waals surface area contributed by atoms with Crippen LogP contribution < -0.4 is 0 Å². The molecule has 0 aliphatic heterocycles. The molecule has 0 bridgehead atoms. The average molecular weight is 607 g/mol. The fraction of sp³-hybridized carbons (Fsp3) is 0.111. The van der Waals surface area contributed by atoms with Crippen molar-refractivity contribution in [1.29, 1.82) is 0 Å². The van der Waals surface area contributed by atoms with Gasteiger partial charge >= 0.3 is 0 Å². The Morgan fingerprint density at radius 1 is 0.511 bits per heavy atom. The van der Waals surface area contributed by atoms with Crippen molar-refractivity contribution in [2.24, 2.45) is 4.99 Å². The van der Waals surface area contributed by atoms with Gasteiger partial charge in [-0.25, -0.2) is 4.98 Å². The normalized spacial score (nSPS) is 11.8. The van der Waals surface area contributed by atoms with E-state index < -0.39 is 0 Å². The first kappa shape index (κ1) is 30.1. The molecular weight excluding hydrogens is 569 g/mol. The number of aryl methyl sites for hydroxylation is 2. The van der Waals surface area contributed by atoms with Gasteiger partial charge in [-0.1, -0.05) is 163 Å². The lowest BCUT2D eigenvalue weighted by Crippen LogP contribution is -2.10. The van der Waals surface area contributed by atoms with Gasteiger partial charge in [-0.05, 0) is 65.8 Å². The van der Waals surface area contributed by atoms with Crippen molar-refractivity contribution in [2.45, 2.75) is 32.6 Å². The van der Waals surface area contributed by atoms with E-state index in [1.807, 2.05) is 0 Å². The molecule has 0 aliphatic carbocycles. The highest BCUT2D eigenvalue weighted by Crippen LogP contribution is 2.45. The highest BCUT2D eigenvalue weighted by Gasteiger charge is 2.27. The zero-order chi connectivity index (χ0) is 32.2. The second-order valence-electron chi connectivity index (χ2n) is 12.3. The molecule has 0 amide bonds. The molecule has 0 unspecified atom stereocenters. The number of pyridine rings is 1. The van der Waals surface area contributed by atoms with Crippen LogP contribution in [0.15, 0.2) is 169 Å². The summed E-state index contributed by atoms with van der Waals surface area (Å²) in [6.45, 7) is 6.43. The van der Waals surface area contributed by atoms with Crippen molar-refractivity contribution < 1.29 is 0 Å². The van der Waals surface area contributed by atoms with E-state index in [0.717, 1.165) is 33.6 Å². The Morgan fingerprint density at radius 3 is 1.40 bits per heavy atom. The van der Waals surface area contributed by atoms with Crippen molar-refractivity contribution in [3.05, 3.63) is 214 Å². The van der Waals surface area contributed by atoms with Gasteiger partial charge in [0.25, 0.3) is 0 Å². The lowest BCUT2D eigenvalue weighted by molar-refractivity contribution is 0.933. The quantitative estimate of drug-likeness (QED) is 0.125. The van der Waals surface area contributed by atoms with Gasteiger partial charge in [0.2, 0.25) is 0 Å². The van der Waals surface area contributed by atoms with E-state index in [0.29, 0.717) is 0 Å². The topological polar surface area (TPSA) is 25.2 Å². The van der Waals surface area contributed by atoms with Crippen LogP contribution in [0.4, 0.5) is 5.69 Å². The number of aliphatic imine (C=N–C) groups is 1. The monoisotopic (exact) mass is 606 g/mol. The minimum Gasteiger partial charge on any atom is -0.251 e. The van der Waals surface area contributed by atoms with Crippen LogP contribution in [0.25, 0.3) is 10.9 Å². The molecule has 0 spiro atoms. The van der Waals surface area contributed by atoms with Gasteiger partial charge in [0, 0.05) is 17.2 Å². The highest BCUT2D eigenvalue weighted by atomic mass is 14.8. The molecule has 0 saturated heterocycles. The van der Waals surface area contributed by atoms with Crippen LogP contribution in [0, 0.1) is 13.8 Å². The number of para-hydroxylation sites is 1. The van der Waals surface area contributed by atoms with Crippen LogP contribution in [0.1, 0.15) is 69.0 Å². The molecule has 6 aromatic carbocycles. The SMILES string of the molecule is CC(=Nc1c(C(c2ccccc2)c2ccccc2)cc(C)cc1C(c1ccccc1)c1ccccc1)c1ccc2cccc(C)c2n1. The molecule has 1 heterocycles. The van der Waals surface area contributed by atoms with Crippen LogP contribution in [-0.4, -0.2) is 10.7 Å². The van der Waals surface area contributed by atoms with E-state index in [2.05, 4.69) is 185 Å². The Hall–Kier alpha value is -5.60. The van der Waals surface area contributed by atoms with Crippen LogP contribution in [0.5, 0.6) is 0 Å². The molecule has 2 nitrogen and oxygen atoms in total. The predicted molar refractivity (Wildman–Crippen MR) is 197 cm³/mol. The van der Waals surface area contributed by atoms with E-state index in [1.54, 1.807) is 0 Å². The second kappa shape index (κ2) is 13.4. The Bertz CT molecular complexity index is 1970. The van der Waals surface area contributed by atoms with E-state index in [1.165, 1.54) is 38.9 Å². The maximum Gasteiger partial charge on any atom is 0.0849 e. The van der Waals surface area contributed by atoms with Gasteiger partial charge < -0.3 is 0 Å². The Balaban J connectivity index is 1.54. The lowest BCUT2D eigenvalue weighted by atomic mass is 9.78. The van der Waals surface area contributed by atoms with E-state index in [4.69, 9.17) is 9.98 Å². The van der Waals surface area contributed by atoms with Crippen LogP contribution in [-0.2, 0) is 0 Å². The number of nitrogens with zero attached hydrogens (tertiary/aromatic N) is 2. The molecule has 0 aliphatic rings. The maximum atomic E-state index is 5.60. The fourth-order valence-corrected chi connectivity index (χ4v) is 6.81. The summed E-state index contributed by atoms with van der Waals surface area (Å²) in [6.07, 6.45) is 0. The third kappa shape index (κ3) is 6.28. The predicted octanol–water partition coefficient (Wildman–Crippen LogP) is 11.4. The second-order valence-corrected chi connectivity index (χ2v) is 12.3. The summed E-state index contributed by atoms with van der Waals surface area (Å²) >= 11 is 0. The van der Waals surface area contributed by atoms with Crippen molar-refractivity contribution in [3.8, 4) is 0 Å². The minimum absolute atomic E-state index is 0.0124. The Kier molecular flexibility index (Phi) is 8.58. The highest BCUT2D eigenvalue weighted by molar-refractivity contribution is 6.01. The molecule has 2 heteroatoms. The van der Waals surface area contributed by atoms with Gasteiger partial charge in [0.1, 0.15) is 0 Å². The van der Waals surface area contributed by atoms with Crippen LogP contribution in [0.3, 0.4) is 0 Å². The van der Waals surface area contributed by atoms with Crippen molar-refractivity contribution >= 4 is 22.3 Å². The molecule has 0 fully saturated rings. The van der Waals surface area contributed by atoms with Crippen LogP contribution in [0.2, 0.25) is 0 Å². The number of fused-ring (bicyclic) bond motifs is 1. The molecule has 1 aromatic heterocycles. The summed E-state index contributed by atoms with van der Waals surface area (Å²) in [4.78, 5) is 10.7. The molecule has 0 atom stereocenters. The van der Waals surface area contributed by atoms with Gasteiger partial charge in [-0.3, -0.25) is 4.99 Å². The van der Waals surface area contributed by atoms with E-state index in [9.17, 15) is 0 Å². The molecular formula is C45H38N2. The third-order valence-electron chi connectivity index (χ3n) is 9.04. The largest absolute Gasteiger partial charge is 0.251 e. The number of benzene rings is 6. The average Bonchev–Trinajstić information content (AvgIpc) is 3.12. The first-order valence-electron chi connectivity index (χ1n) is 16.3. The molecule has 228 valence electrons. The summed E-state index contributed by atoms with van der Waals surface area (Å²) in [5.74, 6) is -0.0248. The van der Waals surface area contributed by atoms with Crippen molar-refractivity contribution in [3.63, 3.8) is 0 Å². The number of hydrogen-bond acceptors (Lipinski definition) is 2. The zero-order valence-corrected chi connectivity index (χ0v) is 27.1. The lowest BCUT2D eigenvalue weighted by Gasteiger charge is -2.27. The van der Waals surface area contributed by atoms with Crippen LogP contribution >= 0.6 is 0 Å². The van der Waals surface area contributed by atoms with E-state index in [-0.39, 0.29) is 11.8 Å². The fourth-order valence-electron chi connectivity index (χ4n) is 6.81.